The van der Waals surface area contributed by atoms with Crippen LogP contribution in [0, 0.1) is 0 Å². The number of nitrogens with zero attached hydrogens (tertiary/aromatic N) is 4. The van der Waals surface area contributed by atoms with E-state index >= 15 is 0 Å². The molecule has 0 atom stereocenters. The number of hydrogen-bond donors (Lipinski definition) is 0. The van der Waals surface area contributed by atoms with Crippen molar-refractivity contribution >= 4 is 23.0 Å². The third-order valence-electron chi connectivity index (χ3n) is 4.47. The van der Waals surface area contributed by atoms with Gasteiger partial charge in [-0.05, 0) is 39.0 Å². The van der Waals surface area contributed by atoms with E-state index in [1.807, 2.05) is 24.5 Å². The number of fused-ring (bicyclic) bond motifs is 1. The first-order valence-electron chi connectivity index (χ1n) is 8.68. The van der Waals surface area contributed by atoms with Crippen LogP contribution < -0.4 is 0 Å². The van der Waals surface area contributed by atoms with Gasteiger partial charge in [-0.3, -0.25) is 4.79 Å². The minimum absolute atomic E-state index is 0.0236. The third kappa shape index (κ3) is 3.45. The number of hydrogen-bond acceptors (Lipinski definition) is 4. The molecule has 25 heavy (non-hydrogen) atoms. The predicted molar refractivity (Wildman–Crippen MR) is 94.6 cm³/mol. The normalized spacial score (nSPS) is 15.0. The fourth-order valence-electron chi connectivity index (χ4n) is 3.07. The number of carbonyl (C=O) groups is 2. The van der Waals surface area contributed by atoms with Crippen LogP contribution in [0.1, 0.15) is 37.2 Å². The van der Waals surface area contributed by atoms with Crippen LogP contribution in [0.2, 0.25) is 0 Å². The van der Waals surface area contributed by atoms with Crippen molar-refractivity contribution in [1.82, 2.24) is 19.4 Å². The molecule has 1 aromatic heterocycles. The molecule has 3 rings (SSSR count). The predicted octanol–water partition coefficient (Wildman–Crippen LogP) is 2.53. The lowest BCUT2D eigenvalue weighted by Crippen LogP contribution is -2.50. The number of amides is 2. The highest BCUT2D eigenvalue weighted by atomic mass is 16.6. The molecule has 0 aliphatic carbocycles. The summed E-state index contributed by atoms with van der Waals surface area (Å²) >= 11 is 0. The molecule has 134 valence electrons. The molecule has 1 aliphatic heterocycles. The van der Waals surface area contributed by atoms with E-state index < -0.39 is 0 Å². The number of piperazine rings is 1. The Morgan fingerprint density at radius 2 is 1.84 bits per heavy atom. The van der Waals surface area contributed by atoms with Crippen molar-refractivity contribution in [2.75, 3.05) is 32.8 Å². The van der Waals surface area contributed by atoms with E-state index in [4.69, 9.17) is 4.74 Å². The van der Waals surface area contributed by atoms with Gasteiger partial charge in [0.1, 0.15) is 0 Å². The van der Waals surface area contributed by atoms with Crippen LogP contribution in [0.5, 0.6) is 0 Å². The molecule has 1 fully saturated rings. The van der Waals surface area contributed by atoms with Gasteiger partial charge in [0.2, 0.25) is 0 Å². The fourth-order valence-corrected chi connectivity index (χ4v) is 3.07. The number of imidazole rings is 1. The number of carbonyl (C=O) groups excluding carboxylic acids is 2. The van der Waals surface area contributed by atoms with Gasteiger partial charge in [-0.2, -0.15) is 0 Å². The summed E-state index contributed by atoms with van der Waals surface area (Å²) in [6, 6.07) is 5.96. The van der Waals surface area contributed by atoms with Gasteiger partial charge in [0, 0.05) is 37.8 Å². The van der Waals surface area contributed by atoms with Crippen molar-refractivity contribution in [3.63, 3.8) is 0 Å². The van der Waals surface area contributed by atoms with Crippen molar-refractivity contribution in [3.8, 4) is 0 Å². The quantitative estimate of drug-likeness (QED) is 0.858. The van der Waals surface area contributed by atoms with Crippen LogP contribution in [0.15, 0.2) is 24.5 Å². The number of ether oxygens (including phenoxy) is 1. The van der Waals surface area contributed by atoms with E-state index in [-0.39, 0.29) is 12.0 Å². The van der Waals surface area contributed by atoms with Crippen molar-refractivity contribution in [1.29, 1.82) is 0 Å². The van der Waals surface area contributed by atoms with Crippen LogP contribution in [0.25, 0.3) is 11.0 Å². The molecule has 0 saturated carbocycles. The molecule has 7 nitrogen and oxygen atoms in total. The average molecular weight is 344 g/mol. The van der Waals surface area contributed by atoms with Gasteiger partial charge >= 0.3 is 6.09 Å². The van der Waals surface area contributed by atoms with E-state index in [0.29, 0.717) is 44.4 Å². The molecule has 1 aromatic carbocycles. The fraction of sp³-hybridized carbons (Fsp3) is 0.500. The van der Waals surface area contributed by atoms with Gasteiger partial charge < -0.3 is 19.1 Å². The molecule has 0 N–H and O–H groups in total. The zero-order valence-electron chi connectivity index (χ0n) is 14.9. The van der Waals surface area contributed by atoms with E-state index in [1.165, 1.54) is 0 Å². The van der Waals surface area contributed by atoms with Crippen molar-refractivity contribution in [2.45, 2.75) is 26.8 Å². The molecule has 0 spiro atoms. The van der Waals surface area contributed by atoms with Gasteiger partial charge in [0.25, 0.3) is 5.91 Å². The van der Waals surface area contributed by atoms with Crippen LogP contribution in [0.4, 0.5) is 4.79 Å². The number of rotatable bonds is 3. The zero-order chi connectivity index (χ0) is 18.0. The Hall–Kier alpha value is -2.57. The highest BCUT2D eigenvalue weighted by molar-refractivity contribution is 5.97. The van der Waals surface area contributed by atoms with E-state index in [2.05, 4.69) is 23.4 Å². The number of benzene rings is 1. The average Bonchev–Trinajstić information content (AvgIpc) is 3.05. The second-order valence-electron chi connectivity index (χ2n) is 6.43. The highest BCUT2D eigenvalue weighted by Crippen LogP contribution is 2.20. The number of aromatic nitrogens is 2. The molecule has 2 amide bonds. The van der Waals surface area contributed by atoms with Gasteiger partial charge in [0.15, 0.2) is 0 Å². The van der Waals surface area contributed by atoms with E-state index in [1.54, 1.807) is 16.7 Å². The van der Waals surface area contributed by atoms with Gasteiger partial charge in [-0.15, -0.1) is 0 Å². The summed E-state index contributed by atoms with van der Waals surface area (Å²) in [7, 11) is 0. The Kier molecular flexibility index (Phi) is 4.92. The van der Waals surface area contributed by atoms with E-state index in [0.717, 1.165) is 11.0 Å². The minimum Gasteiger partial charge on any atom is -0.450 e. The zero-order valence-corrected chi connectivity index (χ0v) is 14.9. The SMILES string of the molecule is CCOC(=O)N1CCN(C(=O)c2ccc3c(c2)ncn3C(C)C)CC1. The maximum absolute atomic E-state index is 12.7. The third-order valence-corrected chi connectivity index (χ3v) is 4.47. The Balaban J connectivity index is 1.70. The Bertz CT molecular complexity index is 776. The molecular formula is C18H24N4O3. The molecule has 0 unspecified atom stereocenters. The Labute approximate surface area is 147 Å². The summed E-state index contributed by atoms with van der Waals surface area (Å²) in [5, 5.41) is 0. The van der Waals surface area contributed by atoms with Crippen molar-refractivity contribution in [2.24, 2.45) is 0 Å². The van der Waals surface area contributed by atoms with E-state index in [9.17, 15) is 9.59 Å². The summed E-state index contributed by atoms with van der Waals surface area (Å²) in [5.41, 5.74) is 2.48. The molecule has 1 saturated heterocycles. The second kappa shape index (κ2) is 7.13. The molecule has 2 heterocycles. The van der Waals surface area contributed by atoms with Crippen LogP contribution in [-0.4, -0.2) is 64.1 Å². The second-order valence-corrected chi connectivity index (χ2v) is 6.43. The first-order valence-corrected chi connectivity index (χ1v) is 8.68. The lowest BCUT2D eigenvalue weighted by Gasteiger charge is -2.34. The van der Waals surface area contributed by atoms with Crippen LogP contribution in [-0.2, 0) is 4.74 Å². The summed E-state index contributed by atoms with van der Waals surface area (Å²) in [5.74, 6) is -0.0236. The lowest BCUT2D eigenvalue weighted by atomic mass is 10.1. The summed E-state index contributed by atoms with van der Waals surface area (Å²) in [4.78, 5) is 32.3. The molecule has 2 aromatic rings. The Morgan fingerprint density at radius 3 is 2.48 bits per heavy atom. The first-order chi connectivity index (χ1) is 12.0. The molecule has 7 heteroatoms. The molecule has 1 aliphatic rings. The largest absolute Gasteiger partial charge is 0.450 e. The highest BCUT2D eigenvalue weighted by Gasteiger charge is 2.25. The summed E-state index contributed by atoms with van der Waals surface area (Å²) < 4.78 is 7.09. The maximum Gasteiger partial charge on any atom is 0.409 e. The smallest absolute Gasteiger partial charge is 0.409 e. The summed E-state index contributed by atoms with van der Waals surface area (Å²) in [6.07, 6.45) is 1.50. The topological polar surface area (TPSA) is 67.7 Å². The van der Waals surface area contributed by atoms with Gasteiger partial charge in [0.05, 0.1) is 24.0 Å². The summed E-state index contributed by atoms with van der Waals surface area (Å²) in [6.45, 7) is 8.36. The Morgan fingerprint density at radius 1 is 1.16 bits per heavy atom. The molecule has 0 radical (unpaired) electrons. The van der Waals surface area contributed by atoms with Gasteiger partial charge in [-0.1, -0.05) is 0 Å². The van der Waals surface area contributed by atoms with Crippen LogP contribution in [0.3, 0.4) is 0 Å². The standard InChI is InChI=1S/C18H24N4O3/c1-4-25-18(24)21-9-7-20(8-10-21)17(23)14-5-6-16-15(11-14)19-12-22(16)13(2)3/h5-6,11-13H,4,7-10H2,1-3H3. The first kappa shape index (κ1) is 17.3. The molecular weight excluding hydrogens is 320 g/mol. The van der Waals surface area contributed by atoms with Gasteiger partial charge in [-0.25, -0.2) is 9.78 Å². The van der Waals surface area contributed by atoms with Crippen molar-refractivity contribution < 1.29 is 14.3 Å². The monoisotopic (exact) mass is 344 g/mol. The van der Waals surface area contributed by atoms with Crippen LogP contribution >= 0.6 is 0 Å². The maximum atomic E-state index is 12.7. The molecule has 0 bridgehead atoms. The lowest BCUT2D eigenvalue weighted by molar-refractivity contribution is 0.0570. The minimum atomic E-state index is -0.310. The van der Waals surface area contributed by atoms with Crippen molar-refractivity contribution in [3.05, 3.63) is 30.1 Å².